The van der Waals surface area contributed by atoms with E-state index in [9.17, 15) is 4.79 Å². The molecule has 0 saturated carbocycles. The molecule has 1 aromatic carbocycles. The first-order chi connectivity index (χ1) is 8.71. The number of benzene rings is 1. The third-order valence-corrected chi connectivity index (χ3v) is 2.50. The zero-order valence-corrected chi connectivity index (χ0v) is 11.0. The van der Waals surface area contributed by atoms with Gasteiger partial charge < -0.3 is 20.7 Å². The summed E-state index contributed by atoms with van der Waals surface area (Å²) in [5, 5.41) is 2.84. The van der Waals surface area contributed by atoms with Gasteiger partial charge in [0.25, 0.3) is 0 Å². The van der Waals surface area contributed by atoms with Gasteiger partial charge in [-0.3, -0.25) is 0 Å². The molecule has 18 heavy (non-hydrogen) atoms. The third kappa shape index (κ3) is 4.25. The lowest BCUT2D eigenvalue weighted by Crippen LogP contribution is -2.38. The highest BCUT2D eigenvalue weighted by Gasteiger charge is 2.11. The van der Waals surface area contributed by atoms with Crippen molar-refractivity contribution in [1.82, 2.24) is 4.90 Å². The summed E-state index contributed by atoms with van der Waals surface area (Å²) >= 11 is 0. The summed E-state index contributed by atoms with van der Waals surface area (Å²) in [6.07, 6.45) is 0.908. The highest BCUT2D eigenvalue weighted by Crippen LogP contribution is 2.17. The van der Waals surface area contributed by atoms with Crippen LogP contribution in [0.5, 0.6) is 5.75 Å². The fourth-order valence-electron chi connectivity index (χ4n) is 1.64. The molecule has 0 aliphatic rings. The highest BCUT2D eigenvalue weighted by atomic mass is 16.5. The first-order valence-electron chi connectivity index (χ1n) is 6.11. The van der Waals surface area contributed by atoms with Crippen molar-refractivity contribution in [3.63, 3.8) is 0 Å². The van der Waals surface area contributed by atoms with Crippen molar-refractivity contribution in [1.29, 1.82) is 0 Å². The van der Waals surface area contributed by atoms with Crippen LogP contribution in [-0.4, -0.2) is 37.7 Å². The van der Waals surface area contributed by atoms with Gasteiger partial charge in [-0.15, -0.1) is 0 Å². The van der Waals surface area contributed by atoms with Crippen LogP contribution in [0.3, 0.4) is 0 Å². The summed E-state index contributed by atoms with van der Waals surface area (Å²) in [6, 6.07) is 7.15. The molecule has 0 aliphatic carbocycles. The Labute approximate surface area is 108 Å². The van der Waals surface area contributed by atoms with Gasteiger partial charge in [0.15, 0.2) is 0 Å². The van der Waals surface area contributed by atoms with Crippen molar-refractivity contribution in [2.24, 2.45) is 5.73 Å². The summed E-state index contributed by atoms with van der Waals surface area (Å²) in [4.78, 5) is 13.7. The number of ether oxygens (including phenoxy) is 1. The second-order valence-electron chi connectivity index (χ2n) is 3.94. The van der Waals surface area contributed by atoms with E-state index >= 15 is 0 Å². The second-order valence-corrected chi connectivity index (χ2v) is 3.94. The minimum atomic E-state index is -0.129. The fraction of sp³-hybridized carbons (Fsp3) is 0.462. The number of urea groups is 1. The number of amides is 2. The van der Waals surface area contributed by atoms with Gasteiger partial charge in [0, 0.05) is 31.4 Å². The molecule has 0 heterocycles. The molecule has 5 heteroatoms. The predicted octanol–water partition coefficient (Wildman–Crippen LogP) is 1.90. The molecule has 0 unspecified atom stereocenters. The Morgan fingerprint density at radius 1 is 1.44 bits per heavy atom. The Morgan fingerprint density at radius 3 is 2.83 bits per heavy atom. The molecule has 0 radical (unpaired) electrons. The van der Waals surface area contributed by atoms with Crippen LogP contribution in [0.25, 0.3) is 0 Å². The summed E-state index contributed by atoms with van der Waals surface area (Å²) in [5.41, 5.74) is 6.21. The zero-order chi connectivity index (χ0) is 13.4. The SMILES string of the molecule is CCCN(CCN)C(=O)Nc1cccc(OC)c1. The van der Waals surface area contributed by atoms with Crippen LogP contribution in [-0.2, 0) is 0 Å². The summed E-state index contributed by atoms with van der Waals surface area (Å²) < 4.78 is 5.11. The van der Waals surface area contributed by atoms with Gasteiger partial charge >= 0.3 is 6.03 Å². The molecule has 0 saturated heterocycles. The molecular formula is C13H21N3O2. The first-order valence-corrected chi connectivity index (χ1v) is 6.11. The number of methoxy groups -OCH3 is 1. The van der Waals surface area contributed by atoms with Crippen molar-refractivity contribution < 1.29 is 9.53 Å². The van der Waals surface area contributed by atoms with Crippen LogP contribution >= 0.6 is 0 Å². The molecule has 0 aliphatic heterocycles. The zero-order valence-electron chi connectivity index (χ0n) is 11.0. The molecule has 0 spiro atoms. The van der Waals surface area contributed by atoms with E-state index in [1.807, 2.05) is 25.1 Å². The average molecular weight is 251 g/mol. The van der Waals surface area contributed by atoms with Crippen LogP contribution in [0.15, 0.2) is 24.3 Å². The first kappa shape index (κ1) is 14.3. The van der Waals surface area contributed by atoms with Crippen LogP contribution < -0.4 is 15.8 Å². The maximum Gasteiger partial charge on any atom is 0.321 e. The Morgan fingerprint density at radius 2 is 2.22 bits per heavy atom. The van der Waals surface area contributed by atoms with Gasteiger partial charge in [-0.1, -0.05) is 13.0 Å². The van der Waals surface area contributed by atoms with E-state index in [2.05, 4.69) is 5.32 Å². The number of carbonyl (C=O) groups is 1. The number of nitrogens with one attached hydrogen (secondary N) is 1. The number of rotatable bonds is 6. The lowest BCUT2D eigenvalue weighted by Gasteiger charge is -2.21. The van der Waals surface area contributed by atoms with Crippen LogP contribution in [0, 0.1) is 0 Å². The molecule has 100 valence electrons. The van der Waals surface area contributed by atoms with Crippen molar-refractivity contribution >= 4 is 11.7 Å². The third-order valence-electron chi connectivity index (χ3n) is 2.50. The van der Waals surface area contributed by atoms with Gasteiger partial charge in [-0.2, -0.15) is 0 Å². The summed E-state index contributed by atoms with van der Waals surface area (Å²) in [6.45, 7) is 3.75. The van der Waals surface area contributed by atoms with E-state index in [1.54, 1.807) is 18.1 Å². The second kappa shape index (κ2) is 7.55. The van der Waals surface area contributed by atoms with Gasteiger partial charge in [-0.25, -0.2) is 4.79 Å². The Bertz CT molecular complexity index is 376. The summed E-state index contributed by atoms with van der Waals surface area (Å²) in [7, 11) is 1.60. The van der Waals surface area contributed by atoms with E-state index in [-0.39, 0.29) is 6.03 Å². The van der Waals surface area contributed by atoms with Crippen LogP contribution in [0.4, 0.5) is 10.5 Å². The van der Waals surface area contributed by atoms with E-state index in [1.165, 1.54) is 0 Å². The Hall–Kier alpha value is -1.75. The van der Waals surface area contributed by atoms with Gasteiger partial charge in [0.1, 0.15) is 5.75 Å². The minimum absolute atomic E-state index is 0.129. The Balaban J connectivity index is 2.66. The summed E-state index contributed by atoms with van der Waals surface area (Å²) in [5.74, 6) is 0.716. The highest BCUT2D eigenvalue weighted by molar-refractivity contribution is 5.89. The van der Waals surface area contributed by atoms with E-state index in [0.717, 1.165) is 12.1 Å². The largest absolute Gasteiger partial charge is 0.497 e. The number of nitrogens with zero attached hydrogens (tertiary/aromatic N) is 1. The van der Waals surface area contributed by atoms with E-state index in [0.29, 0.717) is 25.4 Å². The van der Waals surface area contributed by atoms with Gasteiger partial charge in [0.2, 0.25) is 0 Å². The number of hydrogen-bond acceptors (Lipinski definition) is 3. The van der Waals surface area contributed by atoms with Crippen molar-refractivity contribution in [3.8, 4) is 5.75 Å². The van der Waals surface area contributed by atoms with Crippen LogP contribution in [0.1, 0.15) is 13.3 Å². The molecule has 0 bridgehead atoms. The molecule has 1 rings (SSSR count). The molecule has 0 fully saturated rings. The normalized spacial score (nSPS) is 9.94. The molecule has 3 N–H and O–H groups in total. The topological polar surface area (TPSA) is 67.6 Å². The fourth-order valence-corrected chi connectivity index (χ4v) is 1.64. The van der Waals surface area contributed by atoms with Gasteiger partial charge in [-0.05, 0) is 18.6 Å². The number of nitrogens with two attached hydrogens (primary N) is 1. The monoisotopic (exact) mass is 251 g/mol. The number of anilines is 1. The van der Waals surface area contributed by atoms with E-state index in [4.69, 9.17) is 10.5 Å². The van der Waals surface area contributed by atoms with E-state index < -0.39 is 0 Å². The molecule has 0 atom stereocenters. The molecule has 1 aromatic rings. The number of hydrogen-bond donors (Lipinski definition) is 2. The van der Waals surface area contributed by atoms with Gasteiger partial charge in [0.05, 0.1) is 7.11 Å². The average Bonchev–Trinajstić information content (AvgIpc) is 2.38. The minimum Gasteiger partial charge on any atom is -0.497 e. The molecular weight excluding hydrogens is 230 g/mol. The molecule has 2 amide bonds. The lowest BCUT2D eigenvalue weighted by molar-refractivity contribution is 0.213. The lowest BCUT2D eigenvalue weighted by atomic mass is 10.3. The van der Waals surface area contributed by atoms with Crippen molar-refractivity contribution in [2.75, 3.05) is 32.1 Å². The van der Waals surface area contributed by atoms with Crippen molar-refractivity contribution in [3.05, 3.63) is 24.3 Å². The standard InChI is InChI=1S/C13H21N3O2/c1-3-8-16(9-7-14)13(17)15-11-5-4-6-12(10-11)18-2/h4-6,10H,3,7-9,14H2,1-2H3,(H,15,17). The van der Waals surface area contributed by atoms with Crippen molar-refractivity contribution in [2.45, 2.75) is 13.3 Å². The number of carbonyl (C=O) groups excluding carboxylic acids is 1. The smallest absolute Gasteiger partial charge is 0.321 e. The molecule has 5 nitrogen and oxygen atoms in total. The van der Waals surface area contributed by atoms with Crippen LogP contribution in [0.2, 0.25) is 0 Å². The maximum atomic E-state index is 12.0. The quantitative estimate of drug-likeness (QED) is 0.811. The predicted molar refractivity (Wildman–Crippen MR) is 72.9 cm³/mol. The Kier molecular flexibility index (Phi) is 6.00. The maximum absolute atomic E-state index is 12.0. The molecule has 0 aromatic heterocycles.